The van der Waals surface area contributed by atoms with E-state index in [-0.39, 0.29) is 11.6 Å². The van der Waals surface area contributed by atoms with Crippen molar-refractivity contribution >= 4 is 0 Å². The van der Waals surface area contributed by atoms with Crippen LogP contribution in [0.25, 0.3) is 0 Å². The smallest absolute Gasteiger partial charge is 0.124 e. The Morgan fingerprint density at radius 2 is 2.12 bits per heavy atom. The molecule has 1 aliphatic rings. The molecule has 0 radical (unpaired) electrons. The van der Waals surface area contributed by atoms with E-state index in [0.29, 0.717) is 0 Å². The van der Waals surface area contributed by atoms with Crippen molar-refractivity contribution in [3.63, 3.8) is 0 Å². The van der Waals surface area contributed by atoms with Crippen LogP contribution in [0.4, 0.5) is 0 Å². The predicted octanol–water partition coefficient (Wildman–Crippen LogP) is 1.62. The Hall–Kier alpha value is -1.06. The van der Waals surface area contributed by atoms with Crippen LogP contribution < -0.4 is 15.8 Å². The van der Waals surface area contributed by atoms with E-state index in [1.165, 1.54) is 0 Å². The first-order valence-electron chi connectivity index (χ1n) is 5.83. The van der Waals surface area contributed by atoms with Gasteiger partial charge in [-0.15, -0.1) is 0 Å². The van der Waals surface area contributed by atoms with Gasteiger partial charge in [-0.1, -0.05) is 18.2 Å². The summed E-state index contributed by atoms with van der Waals surface area (Å²) in [5, 5.41) is 3.29. The number of hydrogen-bond acceptors (Lipinski definition) is 3. The lowest BCUT2D eigenvalue weighted by Crippen LogP contribution is -2.30. The van der Waals surface area contributed by atoms with Gasteiger partial charge in [0.05, 0.1) is 0 Å². The Morgan fingerprint density at radius 1 is 1.38 bits per heavy atom. The molecule has 1 heterocycles. The first-order valence-corrected chi connectivity index (χ1v) is 5.83. The van der Waals surface area contributed by atoms with Gasteiger partial charge >= 0.3 is 0 Å². The van der Waals surface area contributed by atoms with E-state index in [1.54, 1.807) is 0 Å². The van der Waals surface area contributed by atoms with Crippen molar-refractivity contribution in [3.8, 4) is 5.75 Å². The van der Waals surface area contributed by atoms with E-state index in [4.69, 9.17) is 10.5 Å². The minimum Gasteiger partial charge on any atom is -0.489 e. The molecule has 0 amide bonds. The van der Waals surface area contributed by atoms with Crippen LogP contribution in [-0.2, 0) is 5.54 Å². The monoisotopic (exact) mass is 220 g/mol. The van der Waals surface area contributed by atoms with Crippen molar-refractivity contribution in [2.24, 2.45) is 5.73 Å². The van der Waals surface area contributed by atoms with Gasteiger partial charge in [0, 0.05) is 17.6 Å². The fourth-order valence-corrected chi connectivity index (χ4v) is 2.01. The molecule has 1 fully saturated rings. The Kier molecular flexibility index (Phi) is 3.17. The highest BCUT2D eigenvalue weighted by atomic mass is 16.5. The van der Waals surface area contributed by atoms with E-state index < -0.39 is 0 Å². The lowest BCUT2D eigenvalue weighted by Gasteiger charge is -2.24. The van der Waals surface area contributed by atoms with Gasteiger partial charge in [0.15, 0.2) is 0 Å². The fourth-order valence-electron chi connectivity index (χ4n) is 2.01. The topological polar surface area (TPSA) is 47.3 Å². The zero-order valence-electron chi connectivity index (χ0n) is 9.99. The lowest BCUT2D eigenvalue weighted by atomic mass is 9.95. The molecule has 3 N–H and O–H groups in total. The molecule has 3 nitrogen and oxygen atoms in total. The maximum atomic E-state index is 6.14. The second-order valence-corrected chi connectivity index (χ2v) is 4.95. The SMILES string of the molecule is CC(C)(N)c1ccccc1OC1CCNC1. The maximum absolute atomic E-state index is 6.14. The van der Waals surface area contributed by atoms with Gasteiger partial charge in [-0.3, -0.25) is 0 Å². The molecule has 88 valence electrons. The van der Waals surface area contributed by atoms with Gasteiger partial charge in [0.1, 0.15) is 11.9 Å². The van der Waals surface area contributed by atoms with Crippen molar-refractivity contribution in [2.45, 2.75) is 31.9 Å². The minimum atomic E-state index is -0.359. The molecule has 0 saturated carbocycles. The Bertz CT molecular complexity index is 351. The molecule has 0 spiro atoms. The van der Waals surface area contributed by atoms with Crippen molar-refractivity contribution < 1.29 is 4.74 Å². The minimum absolute atomic E-state index is 0.281. The van der Waals surface area contributed by atoms with E-state index in [9.17, 15) is 0 Å². The molecule has 0 aromatic heterocycles. The molecule has 1 aliphatic heterocycles. The first-order chi connectivity index (χ1) is 7.57. The van der Waals surface area contributed by atoms with Gasteiger partial charge in [-0.25, -0.2) is 0 Å². The van der Waals surface area contributed by atoms with E-state index in [2.05, 4.69) is 5.32 Å². The quantitative estimate of drug-likeness (QED) is 0.813. The highest BCUT2D eigenvalue weighted by Crippen LogP contribution is 2.28. The van der Waals surface area contributed by atoms with Gasteiger partial charge in [-0.05, 0) is 32.9 Å². The van der Waals surface area contributed by atoms with Crippen molar-refractivity contribution in [1.82, 2.24) is 5.32 Å². The standard InChI is InChI=1S/C13H20N2O/c1-13(2,14)11-5-3-4-6-12(11)16-10-7-8-15-9-10/h3-6,10,15H,7-9,14H2,1-2H3. The van der Waals surface area contributed by atoms with Crippen molar-refractivity contribution in [2.75, 3.05) is 13.1 Å². The van der Waals surface area contributed by atoms with E-state index in [0.717, 1.165) is 30.8 Å². The van der Waals surface area contributed by atoms with Gasteiger partial charge in [0.2, 0.25) is 0 Å². The van der Waals surface area contributed by atoms with Gasteiger partial charge in [0.25, 0.3) is 0 Å². The molecule has 3 heteroatoms. The van der Waals surface area contributed by atoms with Crippen LogP contribution in [0.1, 0.15) is 25.8 Å². The molecule has 1 aromatic carbocycles. The van der Waals surface area contributed by atoms with Gasteiger partial charge in [-0.2, -0.15) is 0 Å². The third-order valence-corrected chi connectivity index (χ3v) is 2.89. The summed E-state index contributed by atoms with van der Waals surface area (Å²) in [5.74, 6) is 0.920. The molecule has 2 rings (SSSR count). The van der Waals surface area contributed by atoms with E-state index in [1.807, 2.05) is 38.1 Å². The molecule has 1 saturated heterocycles. The van der Waals surface area contributed by atoms with Crippen LogP contribution in [0, 0.1) is 0 Å². The number of benzene rings is 1. The Labute approximate surface area is 97.0 Å². The lowest BCUT2D eigenvalue weighted by molar-refractivity contribution is 0.217. The van der Waals surface area contributed by atoms with Crippen molar-refractivity contribution in [1.29, 1.82) is 0 Å². The summed E-state index contributed by atoms with van der Waals surface area (Å²) in [7, 11) is 0. The second-order valence-electron chi connectivity index (χ2n) is 4.95. The summed E-state index contributed by atoms with van der Waals surface area (Å²) in [6.45, 7) is 5.97. The second kappa shape index (κ2) is 4.44. The fraction of sp³-hybridized carbons (Fsp3) is 0.538. The number of para-hydroxylation sites is 1. The number of nitrogens with one attached hydrogen (secondary N) is 1. The number of rotatable bonds is 3. The van der Waals surface area contributed by atoms with Crippen LogP contribution in [0.5, 0.6) is 5.75 Å². The Morgan fingerprint density at radius 3 is 2.75 bits per heavy atom. The summed E-state index contributed by atoms with van der Waals surface area (Å²) < 4.78 is 5.99. The molecule has 0 bridgehead atoms. The van der Waals surface area contributed by atoms with Gasteiger partial charge < -0.3 is 15.8 Å². The zero-order chi connectivity index (χ0) is 11.6. The van der Waals surface area contributed by atoms with Crippen molar-refractivity contribution in [3.05, 3.63) is 29.8 Å². The molecule has 0 aliphatic carbocycles. The average molecular weight is 220 g/mol. The zero-order valence-corrected chi connectivity index (χ0v) is 9.99. The first kappa shape index (κ1) is 11.4. The van der Waals surface area contributed by atoms with Crippen LogP contribution >= 0.6 is 0 Å². The predicted molar refractivity (Wildman–Crippen MR) is 65.6 cm³/mol. The highest BCUT2D eigenvalue weighted by Gasteiger charge is 2.22. The molecule has 1 aromatic rings. The van der Waals surface area contributed by atoms with Crippen LogP contribution in [0.2, 0.25) is 0 Å². The third-order valence-electron chi connectivity index (χ3n) is 2.89. The summed E-state index contributed by atoms with van der Waals surface area (Å²) in [6, 6.07) is 8.04. The maximum Gasteiger partial charge on any atom is 0.124 e. The third kappa shape index (κ3) is 2.54. The number of nitrogens with two attached hydrogens (primary N) is 1. The van der Waals surface area contributed by atoms with Crippen LogP contribution in [0.15, 0.2) is 24.3 Å². The summed E-state index contributed by atoms with van der Waals surface area (Å²) in [5.41, 5.74) is 6.85. The molecule has 16 heavy (non-hydrogen) atoms. The molecular weight excluding hydrogens is 200 g/mol. The normalized spacial score (nSPS) is 21.1. The number of ether oxygens (including phenoxy) is 1. The Balaban J connectivity index is 2.19. The molecule has 1 atom stereocenters. The summed E-state index contributed by atoms with van der Waals surface area (Å²) in [6.07, 6.45) is 1.35. The summed E-state index contributed by atoms with van der Waals surface area (Å²) in [4.78, 5) is 0. The highest BCUT2D eigenvalue weighted by molar-refractivity contribution is 5.38. The molecular formula is C13H20N2O. The average Bonchev–Trinajstić information content (AvgIpc) is 2.70. The number of hydrogen-bond donors (Lipinski definition) is 2. The van der Waals surface area contributed by atoms with Crippen LogP contribution in [-0.4, -0.2) is 19.2 Å². The summed E-state index contributed by atoms with van der Waals surface area (Å²) >= 11 is 0. The van der Waals surface area contributed by atoms with Crippen LogP contribution in [0.3, 0.4) is 0 Å². The largest absolute Gasteiger partial charge is 0.489 e. The molecule has 1 unspecified atom stereocenters. The van der Waals surface area contributed by atoms with E-state index >= 15 is 0 Å².